The summed E-state index contributed by atoms with van der Waals surface area (Å²) in [6.07, 6.45) is 0. The highest BCUT2D eigenvalue weighted by atomic mass is 17.5. The maximum Gasteiger partial charge on any atom is 0.107 e. The van der Waals surface area contributed by atoms with E-state index in [9.17, 15) is 0 Å². The van der Waals surface area contributed by atoms with Crippen LogP contribution in [-0.2, 0) is 15.0 Å². The van der Waals surface area contributed by atoms with Crippen molar-refractivity contribution in [1.82, 2.24) is 0 Å². The van der Waals surface area contributed by atoms with Gasteiger partial charge in [-0.1, -0.05) is 0 Å². The first-order chi connectivity index (χ1) is 3.41. The number of hydrogen-bond donors (Lipinski definition) is 2. The predicted molar refractivity (Wildman–Crippen MR) is 13.4 cm³/mol. The highest BCUT2D eigenvalue weighted by Gasteiger charge is 1.70. The molecule has 0 spiro atoms. The molecule has 0 aromatic heterocycles. The van der Waals surface area contributed by atoms with Gasteiger partial charge >= 0.3 is 0 Å². The van der Waals surface area contributed by atoms with E-state index in [-0.39, 0.29) is 0 Å². The van der Waals surface area contributed by atoms with E-state index in [0.29, 0.717) is 0 Å². The van der Waals surface area contributed by atoms with E-state index < -0.39 is 0 Å². The lowest BCUT2D eigenvalue weighted by molar-refractivity contribution is -0.499. The molecule has 42 valence electrons. The average Bonchev–Trinajstić information content (AvgIpc) is 1.69. The lowest BCUT2D eigenvalue weighted by atomic mass is 12.9. The molecule has 0 saturated carbocycles. The van der Waals surface area contributed by atoms with Gasteiger partial charge in [0, 0.05) is 5.04 Å². The smallest absolute Gasteiger partial charge is 0.107 e. The Balaban J connectivity index is 2.78. The second-order valence-corrected chi connectivity index (χ2v) is 0.394. The molecule has 0 rings (SSSR count). The summed E-state index contributed by atoms with van der Waals surface area (Å²) >= 11 is 0. The van der Waals surface area contributed by atoms with Crippen molar-refractivity contribution < 1.29 is 25.5 Å². The molecule has 0 radical (unpaired) electrons. The number of nitrogens with zero attached hydrogens (tertiary/aromatic N) is 2. The van der Waals surface area contributed by atoms with Crippen molar-refractivity contribution in [2.45, 2.75) is 0 Å². The Kier molecular flexibility index (Phi) is 4.41. The minimum absolute atomic E-state index is 2.33. The summed E-state index contributed by atoms with van der Waals surface area (Å²) in [6, 6.07) is 0. The molecule has 7 heteroatoms. The summed E-state index contributed by atoms with van der Waals surface area (Å²) in [6.45, 7) is 0. The van der Waals surface area contributed by atoms with Gasteiger partial charge in [0.2, 0.25) is 0 Å². The van der Waals surface area contributed by atoms with Crippen LogP contribution in [0.3, 0.4) is 0 Å². The Labute approximate surface area is 37.4 Å². The molecule has 0 amide bonds. The molecule has 7 heavy (non-hydrogen) atoms. The molecule has 0 heterocycles. The minimum atomic E-state index is 2.33. The molecule has 0 aliphatic heterocycles. The molecule has 0 aliphatic rings. The largest absolute Gasteiger partial charge is 0.209 e. The zero-order valence-electron chi connectivity index (χ0n) is 3.01. The first kappa shape index (κ1) is 6.08. The molecule has 0 unspecified atom stereocenters. The molecule has 0 saturated heterocycles. The fourth-order valence-corrected chi connectivity index (χ4v) is 0.0434. The lowest BCUT2D eigenvalue weighted by Crippen LogP contribution is -1.76. The lowest BCUT2D eigenvalue weighted by Gasteiger charge is -1.79. The van der Waals surface area contributed by atoms with Crippen molar-refractivity contribution >= 4 is 0 Å². The van der Waals surface area contributed by atoms with Crippen molar-refractivity contribution in [1.29, 1.82) is 0 Å². The van der Waals surface area contributed by atoms with E-state index in [1.54, 1.807) is 0 Å². The monoisotopic (exact) mass is 110 g/mol. The van der Waals surface area contributed by atoms with Crippen molar-refractivity contribution in [2.24, 2.45) is 10.6 Å². The van der Waals surface area contributed by atoms with E-state index in [2.05, 4.69) is 25.6 Å². The fourth-order valence-electron chi connectivity index (χ4n) is 0.0434. The molecule has 0 aromatic rings. The van der Waals surface area contributed by atoms with Gasteiger partial charge in [-0.05, 0) is 0 Å². The van der Waals surface area contributed by atoms with Crippen molar-refractivity contribution in [3.8, 4) is 0 Å². The Bertz CT molecular complexity index is 50.0. The molecule has 0 aliphatic carbocycles. The molecule has 0 bridgehead atoms. The summed E-state index contributed by atoms with van der Waals surface area (Å²) in [5.41, 5.74) is 0. The quantitative estimate of drug-likeness (QED) is 0.307. The average molecular weight is 110 g/mol. The van der Waals surface area contributed by atoms with Crippen LogP contribution in [0.1, 0.15) is 0 Å². The third-order valence-corrected chi connectivity index (χ3v) is 0.137. The van der Waals surface area contributed by atoms with Gasteiger partial charge < -0.3 is 0 Å². The van der Waals surface area contributed by atoms with Crippen LogP contribution in [0.25, 0.3) is 0 Å². The summed E-state index contributed by atoms with van der Waals surface area (Å²) in [5, 5.41) is 22.2. The van der Waals surface area contributed by atoms with Gasteiger partial charge in [0.25, 0.3) is 0 Å². The van der Waals surface area contributed by atoms with Crippen molar-refractivity contribution in [3.63, 3.8) is 0 Å². The Morgan fingerprint density at radius 1 is 1.14 bits per heavy atom. The molecule has 0 atom stereocenters. The minimum Gasteiger partial charge on any atom is -0.209 e. The maximum absolute atomic E-state index is 7.32. The fraction of sp³-hybridized carbons (Fsp3) is 0. The molecule has 0 fully saturated rings. The Morgan fingerprint density at radius 3 is 2.29 bits per heavy atom. The van der Waals surface area contributed by atoms with Crippen LogP contribution in [0, 0.1) is 0 Å². The highest BCUT2D eigenvalue weighted by Crippen LogP contribution is 1.75. The summed E-state index contributed by atoms with van der Waals surface area (Å²) in [7, 11) is 0. The van der Waals surface area contributed by atoms with Crippen LogP contribution in [0.4, 0.5) is 0 Å². The van der Waals surface area contributed by atoms with Crippen LogP contribution in [-0.4, -0.2) is 10.5 Å². The second kappa shape index (κ2) is 5.08. The second-order valence-electron chi connectivity index (χ2n) is 0.394. The van der Waals surface area contributed by atoms with Crippen LogP contribution < -0.4 is 0 Å². The number of hydrogen-bond acceptors (Lipinski definition) is 7. The van der Waals surface area contributed by atoms with Gasteiger partial charge in [-0.25, -0.2) is 5.26 Å². The van der Waals surface area contributed by atoms with E-state index in [1.165, 1.54) is 0 Å². The summed E-state index contributed by atoms with van der Waals surface area (Å²) in [5.74, 6) is 0. The van der Waals surface area contributed by atoms with Crippen molar-refractivity contribution in [3.05, 3.63) is 0 Å². The van der Waals surface area contributed by atoms with Crippen LogP contribution in [0.2, 0.25) is 0 Å². The van der Waals surface area contributed by atoms with E-state index in [4.69, 9.17) is 10.5 Å². The molecule has 2 N–H and O–H groups in total. The topological polar surface area (TPSA) is 92.9 Å². The highest BCUT2D eigenvalue weighted by molar-refractivity contribution is 3.61. The standard InChI is InChI=1S/H2N2O5/c3-5-1-2-6-7-4/h3-4H/b2-1+. The normalized spacial score (nSPS) is 9.43. The van der Waals surface area contributed by atoms with Crippen LogP contribution >= 0.6 is 0 Å². The van der Waals surface area contributed by atoms with E-state index >= 15 is 0 Å². The van der Waals surface area contributed by atoms with Gasteiger partial charge in [-0.15, -0.1) is 0 Å². The predicted octanol–water partition coefficient (Wildman–Crippen LogP) is 0.179. The van der Waals surface area contributed by atoms with Crippen LogP contribution in [0.5, 0.6) is 0 Å². The molecular formula is H2N2O5. The van der Waals surface area contributed by atoms with Gasteiger partial charge in [0.1, 0.15) is 10.6 Å². The van der Waals surface area contributed by atoms with Gasteiger partial charge in [0.15, 0.2) is 0 Å². The number of rotatable bonds is 3. The van der Waals surface area contributed by atoms with E-state index in [0.717, 1.165) is 0 Å². The van der Waals surface area contributed by atoms with Gasteiger partial charge in [-0.2, -0.15) is 15.2 Å². The van der Waals surface area contributed by atoms with Crippen LogP contribution in [0.15, 0.2) is 10.6 Å². The SMILES string of the molecule is OO/N=N/OOO. The summed E-state index contributed by atoms with van der Waals surface area (Å²) < 4.78 is 0. The van der Waals surface area contributed by atoms with Gasteiger partial charge in [0.05, 0.1) is 0 Å². The maximum atomic E-state index is 7.32. The van der Waals surface area contributed by atoms with E-state index in [1.807, 2.05) is 0 Å². The first-order valence-electron chi connectivity index (χ1n) is 1.10. The molecule has 7 nitrogen and oxygen atoms in total. The zero-order valence-corrected chi connectivity index (χ0v) is 3.01. The first-order valence-corrected chi connectivity index (χ1v) is 1.10. The molecular weight excluding hydrogens is 108 g/mol. The van der Waals surface area contributed by atoms with Gasteiger partial charge in [-0.3, -0.25) is 0 Å². The third kappa shape index (κ3) is 5.08. The Morgan fingerprint density at radius 2 is 1.86 bits per heavy atom. The third-order valence-electron chi connectivity index (χ3n) is 0.137. The summed E-state index contributed by atoms with van der Waals surface area (Å²) in [4.78, 5) is 6.29. The Hall–Kier alpha value is -0.920. The molecule has 0 aromatic carbocycles. The van der Waals surface area contributed by atoms with Crippen molar-refractivity contribution in [2.75, 3.05) is 0 Å². The zero-order chi connectivity index (χ0) is 5.54.